The first kappa shape index (κ1) is 16.2. The molecule has 112 valence electrons. The number of aliphatic hydroxyl groups is 4. The van der Waals surface area contributed by atoms with Gasteiger partial charge < -0.3 is 29.9 Å². The number of amides is 1. The molecule has 1 aliphatic heterocycles. The van der Waals surface area contributed by atoms with Crippen LogP contribution in [0.1, 0.15) is 12.8 Å². The summed E-state index contributed by atoms with van der Waals surface area (Å²) in [6.07, 6.45) is -5.99. The third-order valence-corrected chi connectivity index (χ3v) is 2.84. The summed E-state index contributed by atoms with van der Waals surface area (Å²) in [5.74, 6) is 4.55. The molecule has 1 aliphatic rings. The van der Waals surface area contributed by atoms with Crippen molar-refractivity contribution >= 4 is 5.91 Å². The third-order valence-electron chi connectivity index (χ3n) is 2.84. The molecule has 0 aromatic heterocycles. The fourth-order valence-electron chi connectivity index (χ4n) is 1.71. The minimum absolute atomic E-state index is 0.0934. The van der Waals surface area contributed by atoms with E-state index in [4.69, 9.17) is 20.4 Å². The van der Waals surface area contributed by atoms with E-state index < -0.39 is 37.3 Å². The molecule has 5 atom stereocenters. The van der Waals surface area contributed by atoms with Crippen molar-refractivity contribution in [3.63, 3.8) is 0 Å². The van der Waals surface area contributed by atoms with Crippen LogP contribution in [0.5, 0.6) is 0 Å². The first-order valence-electron chi connectivity index (χ1n) is 5.92. The van der Waals surface area contributed by atoms with E-state index in [0.29, 0.717) is 6.42 Å². The lowest BCUT2D eigenvalue weighted by Crippen LogP contribution is -2.59. The van der Waals surface area contributed by atoms with Crippen LogP contribution in [0.25, 0.3) is 0 Å². The molecule has 1 saturated heterocycles. The van der Waals surface area contributed by atoms with Gasteiger partial charge in [0.15, 0.2) is 6.29 Å². The van der Waals surface area contributed by atoms with E-state index in [-0.39, 0.29) is 18.9 Å². The van der Waals surface area contributed by atoms with Crippen molar-refractivity contribution in [2.75, 3.05) is 13.2 Å². The minimum Gasteiger partial charge on any atom is -0.394 e. The largest absolute Gasteiger partial charge is 0.394 e. The van der Waals surface area contributed by atoms with Gasteiger partial charge in [-0.3, -0.25) is 10.2 Å². The van der Waals surface area contributed by atoms with Gasteiger partial charge in [0, 0.05) is 6.42 Å². The fourth-order valence-corrected chi connectivity index (χ4v) is 1.71. The number of nitrogens with one attached hydrogen (secondary N) is 1. The van der Waals surface area contributed by atoms with Gasteiger partial charge in [-0.2, -0.15) is 0 Å². The molecule has 0 unspecified atom stereocenters. The van der Waals surface area contributed by atoms with Gasteiger partial charge in [-0.25, -0.2) is 5.84 Å². The maximum Gasteiger partial charge on any atom is 0.233 e. The summed E-state index contributed by atoms with van der Waals surface area (Å²) < 4.78 is 10.3. The van der Waals surface area contributed by atoms with E-state index in [9.17, 15) is 20.1 Å². The van der Waals surface area contributed by atoms with E-state index >= 15 is 0 Å². The zero-order valence-corrected chi connectivity index (χ0v) is 10.3. The third kappa shape index (κ3) is 4.35. The molecule has 0 aromatic rings. The Morgan fingerprint density at radius 2 is 1.95 bits per heavy atom. The van der Waals surface area contributed by atoms with Crippen molar-refractivity contribution in [1.29, 1.82) is 0 Å². The Kier molecular flexibility index (Phi) is 6.58. The monoisotopic (exact) mass is 280 g/mol. The van der Waals surface area contributed by atoms with Gasteiger partial charge in [0.05, 0.1) is 13.2 Å². The van der Waals surface area contributed by atoms with E-state index in [1.54, 1.807) is 0 Å². The number of nitrogens with two attached hydrogens (primary N) is 1. The summed E-state index contributed by atoms with van der Waals surface area (Å²) in [6, 6.07) is 0. The highest BCUT2D eigenvalue weighted by molar-refractivity contribution is 5.75. The zero-order valence-electron chi connectivity index (χ0n) is 10.3. The molecular weight excluding hydrogens is 260 g/mol. The Morgan fingerprint density at radius 3 is 2.53 bits per heavy atom. The highest BCUT2D eigenvalue weighted by atomic mass is 16.7. The predicted molar refractivity (Wildman–Crippen MR) is 61.3 cm³/mol. The van der Waals surface area contributed by atoms with Crippen LogP contribution in [-0.4, -0.2) is 70.3 Å². The molecule has 9 heteroatoms. The topological polar surface area (TPSA) is 154 Å². The first-order valence-corrected chi connectivity index (χ1v) is 5.92. The van der Waals surface area contributed by atoms with Crippen LogP contribution in [-0.2, 0) is 14.3 Å². The first-order chi connectivity index (χ1) is 9.01. The molecule has 1 rings (SSSR count). The number of carbonyl (C=O) groups is 1. The molecule has 1 amide bonds. The van der Waals surface area contributed by atoms with Crippen LogP contribution in [0, 0.1) is 0 Å². The van der Waals surface area contributed by atoms with Crippen molar-refractivity contribution < 1.29 is 34.7 Å². The van der Waals surface area contributed by atoms with Crippen molar-refractivity contribution in [2.24, 2.45) is 5.84 Å². The second kappa shape index (κ2) is 7.70. The van der Waals surface area contributed by atoms with Gasteiger partial charge in [-0.05, 0) is 6.42 Å². The predicted octanol–water partition coefficient (Wildman–Crippen LogP) is -3.43. The summed E-state index contributed by atoms with van der Waals surface area (Å²) in [7, 11) is 0. The number of aliphatic hydroxyl groups excluding tert-OH is 4. The molecule has 19 heavy (non-hydrogen) atoms. The second-order valence-electron chi connectivity index (χ2n) is 4.24. The van der Waals surface area contributed by atoms with E-state index in [0.717, 1.165) is 0 Å². The molecule has 9 nitrogen and oxygen atoms in total. The van der Waals surface area contributed by atoms with Gasteiger partial charge in [0.2, 0.25) is 5.91 Å². The summed E-state index contributed by atoms with van der Waals surface area (Å²) in [5, 5.41) is 37.6. The second-order valence-corrected chi connectivity index (χ2v) is 4.24. The Hall–Kier alpha value is -0.810. The molecule has 0 radical (unpaired) electrons. The molecular formula is C10H20N2O7. The lowest BCUT2D eigenvalue weighted by atomic mass is 9.99. The van der Waals surface area contributed by atoms with Gasteiger partial charge >= 0.3 is 0 Å². The lowest BCUT2D eigenvalue weighted by molar-refractivity contribution is -0.301. The van der Waals surface area contributed by atoms with E-state index in [2.05, 4.69) is 0 Å². The molecule has 7 N–H and O–H groups in total. The van der Waals surface area contributed by atoms with Crippen molar-refractivity contribution in [2.45, 2.75) is 43.5 Å². The fraction of sp³-hybridized carbons (Fsp3) is 0.900. The Morgan fingerprint density at radius 1 is 1.26 bits per heavy atom. The van der Waals surface area contributed by atoms with Gasteiger partial charge in [-0.1, -0.05) is 0 Å². The maximum atomic E-state index is 10.8. The quantitative estimate of drug-likeness (QED) is 0.127. The lowest BCUT2D eigenvalue weighted by Gasteiger charge is -2.39. The summed E-state index contributed by atoms with van der Waals surface area (Å²) >= 11 is 0. The Bertz CT molecular complexity index is 289. The van der Waals surface area contributed by atoms with Gasteiger partial charge in [0.25, 0.3) is 0 Å². The highest BCUT2D eigenvalue weighted by Gasteiger charge is 2.43. The van der Waals surface area contributed by atoms with Crippen LogP contribution in [0.15, 0.2) is 0 Å². The van der Waals surface area contributed by atoms with Gasteiger partial charge in [-0.15, -0.1) is 0 Å². The average Bonchev–Trinajstić information content (AvgIpc) is 2.42. The van der Waals surface area contributed by atoms with Crippen LogP contribution < -0.4 is 11.3 Å². The minimum atomic E-state index is -1.47. The van der Waals surface area contributed by atoms with Crippen LogP contribution >= 0.6 is 0 Å². The summed E-state index contributed by atoms with van der Waals surface area (Å²) in [4.78, 5) is 10.8. The molecule has 0 spiro atoms. The number of hydrazine groups is 1. The molecule has 1 fully saturated rings. The molecule has 0 aromatic carbocycles. The number of carbonyl (C=O) groups excluding carboxylic acids is 1. The number of rotatable bonds is 6. The van der Waals surface area contributed by atoms with Crippen LogP contribution in [0.4, 0.5) is 0 Å². The molecule has 1 heterocycles. The molecule has 0 aliphatic carbocycles. The number of hydrogen-bond acceptors (Lipinski definition) is 8. The Labute approximate surface area is 109 Å². The average molecular weight is 280 g/mol. The summed E-state index contributed by atoms with van der Waals surface area (Å²) in [6.45, 7) is -0.420. The number of hydrogen-bond donors (Lipinski definition) is 6. The van der Waals surface area contributed by atoms with Crippen LogP contribution in [0.2, 0.25) is 0 Å². The normalized spacial score (nSPS) is 35.1. The maximum absolute atomic E-state index is 10.8. The van der Waals surface area contributed by atoms with Crippen LogP contribution in [0.3, 0.4) is 0 Å². The highest BCUT2D eigenvalue weighted by Crippen LogP contribution is 2.21. The van der Waals surface area contributed by atoms with Crippen molar-refractivity contribution in [1.82, 2.24) is 5.43 Å². The molecule has 0 bridgehead atoms. The van der Waals surface area contributed by atoms with Crippen molar-refractivity contribution in [3.8, 4) is 0 Å². The van der Waals surface area contributed by atoms with E-state index in [1.807, 2.05) is 5.43 Å². The Balaban J connectivity index is 2.37. The van der Waals surface area contributed by atoms with Gasteiger partial charge in [0.1, 0.15) is 24.4 Å². The standard InChI is InChI=1S/C10H20N2O7/c11-12-6(14)2-1-3-18-10-9(17)8(16)7(15)5(4-13)19-10/h5,7-10,13,15-17H,1-4,11H2,(H,12,14)/t5-,7-,8+,9-,10-/m1/s1. The smallest absolute Gasteiger partial charge is 0.233 e. The SMILES string of the molecule is NNC(=O)CCCO[C@@H]1O[C@H](CO)[C@@H](O)[C@H](O)[C@H]1O. The number of ether oxygens (including phenoxy) is 2. The zero-order chi connectivity index (χ0) is 14.4. The molecule has 0 saturated carbocycles. The van der Waals surface area contributed by atoms with E-state index in [1.165, 1.54) is 0 Å². The summed E-state index contributed by atoms with van der Waals surface area (Å²) in [5.41, 5.74) is 1.96. The van der Waals surface area contributed by atoms with Crippen molar-refractivity contribution in [3.05, 3.63) is 0 Å².